The van der Waals surface area contributed by atoms with Gasteiger partial charge in [0.1, 0.15) is 12.0 Å². The predicted octanol–water partition coefficient (Wildman–Crippen LogP) is 2.68. The zero-order valence-electron chi connectivity index (χ0n) is 13.7. The number of ether oxygens (including phenoxy) is 1. The molecule has 0 spiro atoms. The van der Waals surface area contributed by atoms with Crippen LogP contribution in [0.1, 0.15) is 10.4 Å². The number of hydrogen-bond donors (Lipinski definition) is 2. The number of alkyl halides is 3. The number of carbonyl (C=O) groups is 2. The van der Waals surface area contributed by atoms with Crippen molar-refractivity contribution in [1.82, 2.24) is 5.32 Å². The van der Waals surface area contributed by atoms with Gasteiger partial charge in [-0.3, -0.25) is 10.1 Å². The quantitative estimate of drug-likeness (QED) is 0.416. The molecular formula is C16H13BrF4N3O3+. The van der Waals surface area contributed by atoms with Gasteiger partial charge >= 0.3 is 17.8 Å². The number of anilines is 1. The Bertz CT molecular complexity index is 846. The van der Waals surface area contributed by atoms with Gasteiger partial charge in [-0.05, 0) is 40.2 Å². The number of esters is 1. The van der Waals surface area contributed by atoms with Gasteiger partial charge in [0.15, 0.2) is 0 Å². The maximum atomic E-state index is 13.9. The average Bonchev–Trinajstić information content (AvgIpc) is 2.61. The first-order valence-corrected chi connectivity index (χ1v) is 8.07. The smallest absolute Gasteiger partial charge is 0.464 e. The van der Waals surface area contributed by atoms with E-state index in [0.717, 1.165) is 31.4 Å². The normalized spacial score (nSPS) is 13.4. The van der Waals surface area contributed by atoms with Crippen LogP contribution in [0.15, 0.2) is 47.1 Å². The van der Waals surface area contributed by atoms with E-state index in [-0.39, 0.29) is 5.82 Å². The number of methoxy groups -OCH3 is 1. The maximum absolute atomic E-state index is 13.9. The third kappa shape index (κ3) is 4.54. The van der Waals surface area contributed by atoms with Crippen molar-refractivity contribution in [2.75, 3.05) is 12.4 Å². The lowest BCUT2D eigenvalue weighted by Gasteiger charge is -2.30. The number of aromatic nitrogens is 1. The molecule has 0 fully saturated rings. The summed E-state index contributed by atoms with van der Waals surface area (Å²) in [7, 11) is 0.740. The highest BCUT2D eigenvalue weighted by Crippen LogP contribution is 2.32. The fourth-order valence-corrected chi connectivity index (χ4v) is 2.35. The zero-order chi connectivity index (χ0) is 20.2. The molecule has 1 aromatic carbocycles. The van der Waals surface area contributed by atoms with Crippen LogP contribution in [0.3, 0.4) is 0 Å². The van der Waals surface area contributed by atoms with Crippen LogP contribution in [0.4, 0.5) is 23.4 Å². The molecule has 2 rings (SSSR count). The van der Waals surface area contributed by atoms with Gasteiger partial charge in [-0.15, -0.1) is 0 Å². The van der Waals surface area contributed by atoms with Crippen molar-refractivity contribution in [3.8, 4) is 0 Å². The Morgan fingerprint density at radius 3 is 2.41 bits per heavy atom. The molecule has 1 amide bonds. The van der Waals surface area contributed by atoms with Crippen molar-refractivity contribution in [2.45, 2.75) is 11.8 Å². The molecule has 0 saturated heterocycles. The second-order valence-electron chi connectivity index (χ2n) is 5.25. The lowest BCUT2D eigenvalue weighted by atomic mass is 10.1. The molecule has 0 saturated carbocycles. The summed E-state index contributed by atoms with van der Waals surface area (Å²) in [6.45, 7) is 0. The standard InChI is InChI=1S/C16H12BrF4N3O3/c1-27-14(26)15(16(19,20)21,23-12-6-5-10(17)8-22-12)24-13(25)9-3-2-4-11(18)7-9/h2-8H,1H3,(H,22,23)(H,24,25)/p+1/t15-/m1/s1. The summed E-state index contributed by atoms with van der Waals surface area (Å²) in [5.41, 5.74) is -4.02. The van der Waals surface area contributed by atoms with Crippen molar-refractivity contribution in [2.24, 2.45) is 0 Å². The van der Waals surface area contributed by atoms with Crippen LogP contribution in [-0.4, -0.2) is 30.8 Å². The van der Waals surface area contributed by atoms with E-state index in [1.54, 1.807) is 5.32 Å². The van der Waals surface area contributed by atoms with Gasteiger partial charge in [0.05, 0.1) is 11.6 Å². The van der Waals surface area contributed by atoms with Gasteiger partial charge in [-0.25, -0.2) is 19.5 Å². The molecule has 1 aromatic heterocycles. The van der Waals surface area contributed by atoms with Crippen LogP contribution in [-0.2, 0) is 9.53 Å². The van der Waals surface area contributed by atoms with Gasteiger partial charge in [-0.2, -0.15) is 13.2 Å². The van der Waals surface area contributed by atoms with Crippen molar-refractivity contribution < 1.29 is 36.9 Å². The Morgan fingerprint density at radius 2 is 1.89 bits per heavy atom. The van der Waals surface area contributed by atoms with E-state index in [1.165, 1.54) is 18.3 Å². The summed E-state index contributed by atoms with van der Waals surface area (Å²) in [6.07, 6.45) is -3.99. The molecule has 11 heteroatoms. The van der Waals surface area contributed by atoms with Crippen LogP contribution < -0.4 is 15.6 Å². The number of rotatable bonds is 5. The summed E-state index contributed by atoms with van der Waals surface area (Å²) >= 11 is 3.11. The number of H-pyrrole nitrogens is 1. The van der Waals surface area contributed by atoms with Crippen molar-refractivity contribution in [3.63, 3.8) is 0 Å². The van der Waals surface area contributed by atoms with Crippen LogP contribution in [0.25, 0.3) is 0 Å². The van der Waals surface area contributed by atoms with E-state index in [1.807, 2.05) is 5.32 Å². The highest BCUT2D eigenvalue weighted by molar-refractivity contribution is 9.10. The fourth-order valence-electron chi connectivity index (χ4n) is 2.10. The Kier molecular flexibility index (Phi) is 6.04. The highest BCUT2D eigenvalue weighted by atomic mass is 79.9. The molecule has 27 heavy (non-hydrogen) atoms. The van der Waals surface area contributed by atoms with E-state index < -0.39 is 35.1 Å². The van der Waals surface area contributed by atoms with Crippen LogP contribution >= 0.6 is 15.9 Å². The molecule has 144 valence electrons. The minimum absolute atomic E-state index is 0.236. The largest absolute Gasteiger partial charge is 0.464 e. The lowest BCUT2D eigenvalue weighted by molar-refractivity contribution is -0.363. The molecule has 3 N–H and O–H groups in total. The molecule has 0 bridgehead atoms. The first kappa shape index (κ1) is 20.6. The number of benzene rings is 1. The molecule has 0 unspecified atom stereocenters. The predicted molar refractivity (Wildman–Crippen MR) is 89.0 cm³/mol. The molecular weight excluding hydrogens is 438 g/mol. The average molecular weight is 451 g/mol. The molecule has 1 heterocycles. The Labute approximate surface area is 159 Å². The van der Waals surface area contributed by atoms with E-state index >= 15 is 0 Å². The summed E-state index contributed by atoms with van der Waals surface area (Å²) < 4.78 is 59.7. The zero-order valence-corrected chi connectivity index (χ0v) is 15.2. The van der Waals surface area contributed by atoms with Crippen molar-refractivity contribution >= 4 is 33.6 Å². The summed E-state index contributed by atoms with van der Waals surface area (Å²) in [5, 5.41) is 3.50. The van der Waals surface area contributed by atoms with Crippen molar-refractivity contribution in [1.29, 1.82) is 0 Å². The number of halogens is 5. The second kappa shape index (κ2) is 7.91. The van der Waals surface area contributed by atoms with E-state index in [2.05, 4.69) is 25.7 Å². The van der Waals surface area contributed by atoms with Crippen LogP contribution in [0.2, 0.25) is 0 Å². The van der Waals surface area contributed by atoms with E-state index in [4.69, 9.17) is 0 Å². The lowest BCUT2D eigenvalue weighted by Crippen LogP contribution is -2.69. The topological polar surface area (TPSA) is 81.6 Å². The Hall–Kier alpha value is -2.69. The molecule has 0 radical (unpaired) electrons. The summed E-state index contributed by atoms with van der Waals surface area (Å²) in [6, 6.07) is 6.62. The van der Waals surface area contributed by atoms with Gasteiger partial charge in [-0.1, -0.05) is 6.07 Å². The van der Waals surface area contributed by atoms with Crippen LogP contribution in [0.5, 0.6) is 0 Å². The SMILES string of the molecule is COC(=O)[C@](NC(=O)c1cccc(F)c1)(Nc1ccc(Br)c[nH+]1)C(F)(F)F. The third-order valence-electron chi connectivity index (χ3n) is 3.40. The Balaban J connectivity index is 2.48. The fraction of sp³-hybridized carbons (Fsp3) is 0.188. The number of amides is 1. The molecule has 0 aliphatic heterocycles. The number of aromatic amines is 1. The highest BCUT2D eigenvalue weighted by Gasteiger charge is 2.67. The molecule has 0 aliphatic rings. The maximum Gasteiger partial charge on any atom is 0.464 e. The number of pyridine rings is 1. The van der Waals surface area contributed by atoms with Gasteiger partial charge in [0, 0.05) is 11.6 Å². The summed E-state index contributed by atoms with van der Waals surface area (Å²) in [5.74, 6) is -4.20. The van der Waals surface area contributed by atoms with Gasteiger partial charge < -0.3 is 4.74 Å². The first-order valence-electron chi connectivity index (χ1n) is 7.27. The van der Waals surface area contributed by atoms with E-state index in [0.29, 0.717) is 4.47 Å². The minimum atomic E-state index is -5.30. The van der Waals surface area contributed by atoms with Crippen LogP contribution in [0, 0.1) is 5.82 Å². The van der Waals surface area contributed by atoms with E-state index in [9.17, 15) is 27.2 Å². The third-order valence-corrected chi connectivity index (χ3v) is 3.89. The molecule has 2 aromatic rings. The monoisotopic (exact) mass is 450 g/mol. The van der Waals surface area contributed by atoms with Gasteiger partial charge in [0.25, 0.3) is 11.7 Å². The number of carbonyl (C=O) groups excluding carboxylic acids is 2. The molecule has 6 nitrogen and oxygen atoms in total. The Morgan fingerprint density at radius 1 is 1.19 bits per heavy atom. The summed E-state index contributed by atoms with van der Waals surface area (Å²) in [4.78, 5) is 26.8. The number of hydrogen-bond acceptors (Lipinski definition) is 4. The van der Waals surface area contributed by atoms with Crippen molar-refractivity contribution in [3.05, 3.63) is 58.4 Å². The second-order valence-corrected chi connectivity index (χ2v) is 6.17. The molecule has 0 aliphatic carbocycles. The van der Waals surface area contributed by atoms with Gasteiger partial charge in [0.2, 0.25) is 0 Å². The first-order chi connectivity index (χ1) is 12.6. The molecule has 1 atom stereocenters. The minimum Gasteiger partial charge on any atom is -0.464 e. The number of nitrogens with one attached hydrogen (secondary N) is 3.